The van der Waals surface area contributed by atoms with Gasteiger partial charge >= 0.3 is 0 Å². The summed E-state index contributed by atoms with van der Waals surface area (Å²) in [7, 11) is 3.43. The number of benzene rings is 1. The molecule has 8 heteroatoms. The van der Waals surface area contributed by atoms with Crippen molar-refractivity contribution in [1.82, 2.24) is 30.0 Å². The lowest BCUT2D eigenvalue weighted by Crippen LogP contribution is -2.47. The van der Waals surface area contributed by atoms with E-state index in [-0.39, 0.29) is 6.04 Å². The number of hydrogen-bond donors (Lipinski definition) is 0. The number of nitrogens with zero attached hydrogens (tertiary/aromatic N) is 6. The van der Waals surface area contributed by atoms with E-state index in [2.05, 4.69) is 44.4 Å². The van der Waals surface area contributed by atoms with Crippen LogP contribution in [0.25, 0.3) is 0 Å². The molecular formula is C19H30N6O2. The molecule has 1 aliphatic heterocycles. The number of aromatic nitrogens is 4. The number of ether oxygens (including phenoxy) is 2. The van der Waals surface area contributed by atoms with Gasteiger partial charge in [0.05, 0.1) is 26.3 Å². The average Bonchev–Trinajstić information content (AvgIpc) is 3.17. The Morgan fingerprint density at radius 1 is 1.11 bits per heavy atom. The van der Waals surface area contributed by atoms with Crippen LogP contribution in [0.1, 0.15) is 30.8 Å². The van der Waals surface area contributed by atoms with Gasteiger partial charge in [0.25, 0.3) is 0 Å². The zero-order chi connectivity index (χ0) is 19.1. The fourth-order valence-electron chi connectivity index (χ4n) is 3.70. The van der Waals surface area contributed by atoms with E-state index in [1.807, 2.05) is 16.8 Å². The van der Waals surface area contributed by atoms with E-state index in [0.717, 1.165) is 50.7 Å². The molecular weight excluding hydrogens is 344 g/mol. The molecule has 1 atom stereocenters. The van der Waals surface area contributed by atoms with Crippen LogP contribution in [0, 0.1) is 0 Å². The van der Waals surface area contributed by atoms with E-state index in [4.69, 9.17) is 9.47 Å². The van der Waals surface area contributed by atoms with E-state index >= 15 is 0 Å². The molecule has 0 unspecified atom stereocenters. The van der Waals surface area contributed by atoms with Crippen LogP contribution in [-0.4, -0.2) is 77.0 Å². The van der Waals surface area contributed by atoms with Crippen molar-refractivity contribution in [3.8, 4) is 5.75 Å². The first-order valence-electron chi connectivity index (χ1n) is 9.60. The number of rotatable bonds is 9. The van der Waals surface area contributed by atoms with E-state index in [1.165, 1.54) is 5.56 Å². The topological polar surface area (TPSA) is 68.5 Å². The predicted molar refractivity (Wildman–Crippen MR) is 103 cm³/mol. The highest BCUT2D eigenvalue weighted by molar-refractivity contribution is 5.33. The Bertz CT molecular complexity index is 699. The lowest BCUT2D eigenvalue weighted by atomic mass is 10.1. The number of piperazine rings is 1. The van der Waals surface area contributed by atoms with Crippen LogP contribution in [0.2, 0.25) is 0 Å². The molecule has 1 aromatic carbocycles. The van der Waals surface area contributed by atoms with E-state index < -0.39 is 0 Å². The quantitative estimate of drug-likeness (QED) is 0.660. The van der Waals surface area contributed by atoms with Gasteiger partial charge in [0.1, 0.15) is 5.75 Å². The molecule has 27 heavy (non-hydrogen) atoms. The maximum Gasteiger partial charge on any atom is 0.168 e. The van der Waals surface area contributed by atoms with Gasteiger partial charge in [-0.2, -0.15) is 0 Å². The van der Waals surface area contributed by atoms with Crippen molar-refractivity contribution in [1.29, 1.82) is 0 Å². The van der Waals surface area contributed by atoms with Gasteiger partial charge in [-0.15, -0.1) is 5.10 Å². The van der Waals surface area contributed by atoms with Gasteiger partial charge in [0.15, 0.2) is 5.82 Å². The van der Waals surface area contributed by atoms with Gasteiger partial charge in [0.2, 0.25) is 0 Å². The molecule has 1 fully saturated rings. The SMILES string of the molecule is CC[C@@H](c1nnnn1CCOC)N1CCN(Cc2ccccc2OC)CC1. The molecule has 0 bridgehead atoms. The van der Waals surface area contributed by atoms with Crippen molar-refractivity contribution >= 4 is 0 Å². The molecule has 1 aromatic heterocycles. The van der Waals surface area contributed by atoms with Gasteiger partial charge in [0, 0.05) is 45.4 Å². The molecule has 0 aliphatic carbocycles. The van der Waals surface area contributed by atoms with Crippen molar-refractivity contribution < 1.29 is 9.47 Å². The summed E-state index contributed by atoms with van der Waals surface area (Å²) in [6, 6.07) is 8.49. The lowest BCUT2D eigenvalue weighted by molar-refractivity contribution is 0.0826. The molecule has 1 saturated heterocycles. The third kappa shape index (κ3) is 4.82. The minimum Gasteiger partial charge on any atom is -0.496 e. The first kappa shape index (κ1) is 19.7. The molecule has 0 spiro atoms. The fraction of sp³-hybridized carbons (Fsp3) is 0.632. The van der Waals surface area contributed by atoms with Crippen molar-refractivity contribution in [2.24, 2.45) is 0 Å². The maximum absolute atomic E-state index is 5.49. The van der Waals surface area contributed by atoms with Gasteiger partial charge in [-0.1, -0.05) is 25.1 Å². The number of methoxy groups -OCH3 is 2. The zero-order valence-electron chi connectivity index (χ0n) is 16.5. The summed E-state index contributed by atoms with van der Waals surface area (Å²) in [4.78, 5) is 4.97. The Hall–Kier alpha value is -2.03. The van der Waals surface area contributed by atoms with E-state index in [0.29, 0.717) is 13.2 Å². The Balaban J connectivity index is 1.60. The van der Waals surface area contributed by atoms with Gasteiger partial charge < -0.3 is 9.47 Å². The zero-order valence-corrected chi connectivity index (χ0v) is 16.5. The molecule has 8 nitrogen and oxygen atoms in total. The summed E-state index contributed by atoms with van der Waals surface area (Å²) >= 11 is 0. The molecule has 148 valence electrons. The van der Waals surface area contributed by atoms with Crippen molar-refractivity contribution in [2.75, 3.05) is 47.0 Å². The third-order valence-electron chi connectivity index (χ3n) is 5.19. The third-order valence-corrected chi connectivity index (χ3v) is 5.19. The molecule has 2 aromatic rings. The molecule has 0 saturated carbocycles. The molecule has 3 rings (SSSR count). The summed E-state index contributed by atoms with van der Waals surface area (Å²) in [5.41, 5.74) is 1.24. The average molecular weight is 374 g/mol. The van der Waals surface area contributed by atoms with Gasteiger partial charge in [-0.25, -0.2) is 4.68 Å². The smallest absolute Gasteiger partial charge is 0.168 e. The maximum atomic E-state index is 5.49. The number of para-hydroxylation sites is 1. The van der Waals surface area contributed by atoms with Gasteiger partial charge in [-0.05, 0) is 22.9 Å². The molecule has 0 N–H and O–H groups in total. The molecule has 0 amide bonds. The summed E-state index contributed by atoms with van der Waals surface area (Å²) in [6.07, 6.45) is 0.986. The standard InChI is InChI=1S/C19H30N6O2/c1-4-17(19-20-21-22-25(19)13-14-26-2)24-11-9-23(10-12-24)15-16-7-5-6-8-18(16)27-3/h5-8,17H,4,9-15H2,1-3H3/t17-/m0/s1. The van der Waals surface area contributed by atoms with E-state index in [9.17, 15) is 0 Å². The Morgan fingerprint density at radius 3 is 2.59 bits per heavy atom. The predicted octanol–water partition coefficient (Wildman–Crippen LogP) is 1.60. The van der Waals surface area contributed by atoms with E-state index in [1.54, 1.807) is 14.2 Å². The number of hydrogen-bond acceptors (Lipinski definition) is 7. The van der Waals surface area contributed by atoms with Crippen LogP contribution < -0.4 is 4.74 Å². The highest BCUT2D eigenvalue weighted by Crippen LogP contribution is 2.25. The second-order valence-corrected chi connectivity index (χ2v) is 6.80. The lowest BCUT2D eigenvalue weighted by Gasteiger charge is -2.38. The minimum atomic E-state index is 0.241. The van der Waals surface area contributed by atoms with Crippen molar-refractivity contribution in [2.45, 2.75) is 32.5 Å². The Kier molecular flexibility index (Phi) is 7.14. The highest BCUT2D eigenvalue weighted by Gasteiger charge is 2.28. The van der Waals surface area contributed by atoms with Crippen LogP contribution in [0.15, 0.2) is 24.3 Å². The van der Waals surface area contributed by atoms with Crippen LogP contribution in [-0.2, 0) is 17.8 Å². The highest BCUT2D eigenvalue weighted by atomic mass is 16.5. The van der Waals surface area contributed by atoms with Crippen molar-refractivity contribution in [3.63, 3.8) is 0 Å². The second-order valence-electron chi connectivity index (χ2n) is 6.80. The van der Waals surface area contributed by atoms with Crippen LogP contribution in [0.4, 0.5) is 0 Å². The van der Waals surface area contributed by atoms with Gasteiger partial charge in [-0.3, -0.25) is 9.80 Å². The summed E-state index contributed by atoms with van der Waals surface area (Å²) in [6.45, 7) is 8.46. The molecule has 2 heterocycles. The largest absolute Gasteiger partial charge is 0.496 e. The summed E-state index contributed by atoms with van der Waals surface area (Å²) in [5.74, 6) is 1.90. The second kappa shape index (κ2) is 9.77. The monoisotopic (exact) mass is 374 g/mol. The number of tetrazole rings is 1. The minimum absolute atomic E-state index is 0.241. The normalized spacial score (nSPS) is 17.1. The summed E-state index contributed by atoms with van der Waals surface area (Å²) in [5, 5.41) is 12.3. The Labute approximate surface area is 161 Å². The van der Waals surface area contributed by atoms with Crippen LogP contribution in [0.5, 0.6) is 5.75 Å². The fourth-order valence-corrected chi connectivity index (χ4v) is 3.70. The molecule has 1 aliphatic rings. The van der Waals surface area contributed by atoms with Crippen LogP contribution in [0.3, 0.4) is 0 Å². The Morgan fingerprint density at radius 2 is 1.89 bits per heavy atom. The van der Waals surface area contributed by atoms with Crippen molar-refractivity contribution in [3.05, 3.63) is 35.7 Å². The first-order valence-corrected chi connectivity index (χ1v) is 9.60. The van der Waals surface area contributed by atoms with Crippen LogP contribution >= 0.6 is 0 Å². The molecule has 0 radical (unpaired) electrons. The first-order chi connectivity index (χ1) is 13.3. The summed E-state index contributed by atoms with van der Waals surface area (Å²) < 4.78 is 12.5.